The quantitative estimate of drug-likeness (QED) is 0.831. The van der Waals surface area contributed by atoms with Gasteiger partial charge in [-0.05, 0) is 33.0 Å². The molecule has 0 aliphatic heterocycles. The summed E-state index contributed by atoms with van der Waals surface area (Å²) in [6, 6.07) is 1.94. The molecule has 1 saturated carbocycles. The summed E-state index contributed by atoms with van der Waals surface area (Å²) >= 11 is 0. The van der Waals surface area contributed by atoms with Gasteiger partial charge in [-0.2, -0.15) is 5.10 Å². The van der Waals surface area contributed by atoms with E-state index < -0.39 is 0 Å². The number of rotatable bonds is 6. The molecule has 3 rings (SSSR count). The minimum Gasteiger partial charge on any atom is -0.394 e. The highest BCUT2D eigenvalue weighted by atomic mass is 16.3. The minimum absolute atomic E-state index is 0.0980. The van der Waals surface area contributed by atoms with Crippen LogP contribution in [0.15, 0.2) is 18.5 Å². The lowest BCUT2D eigenvalue weighted by Crippen LogP contribution is -2.44. The molecule has 130 valence electrons. The van der Waals surface area contributed by atoms with Crippen molar-refractivity contribution in [1.29, 1.82) is 0 Å². The SMILES string of the molecule is CN(C)CC(CO)NC(=O)c1cnc2c(cnn2C2CCCC2)c1. The molecule has 0 spiro atoms. The van der Waals surface area contributed by atoms with Crippen LogP contribution in [0.3, 0.4) is 0 Å². The van der Waals surface area contributed by atoms with Gasteiger partial charge in [-0.15, -0.1) is 0 Å². The maximum Gasteiger partial charge on any atom is 0.253 e. The number of fused-ring (bicyclic) bond motifs is 1. The molecular formula is C17H25N5O2. The van der Waals surface area contributed by atoms with Crippen molar-refractivity contribution >= 4 is 16.9 Å². The van der Waals surface area contributed by atoms with Crippen LogP contribution in [0.5, 0.6) is 0 Å². The van der Waals surface area contributed by atoms with E-state index in [9.17, 15) is 9.90 Å². The number of nitrogens with zero attached hydrogens (tertiary/aromatic N) is 4. The maximum atomic E-state index is 12.4. The van der Waals surface area contributed by atoms with E-state index in [0.29, 0.717) is 18.2 Å². The Bertz CT molecular complexity index is 706. The van der Waals surface area contributed by atoms with Crippen LogP contribution in [0, 0.1) is 0 Å². The van der Waals surface area contributed by atoms with Gasteiger partial charge in [0.2, 0.25) is 0 Å². The Kier molecular flexibility index (Phi) is 5.11. The Labute approximate surface area is 141 Å². The van der Waals surface area contributed by atoms with E-state index in [1.54, 1.807) is 12.4 Å². The number of aromatic nitrogens is 3. The molecule has 7 heteroatoms. The van der Waals surface area contributed by atoms with Crippen LogP contribution in [-0.2, 0) is 0 Å². The number of carbonyl (C=O) groups is 1. The fraction of sp³-hybridized carbons (Fsp3) is 0.588. The van der Waals surface area contributed by atoms with E-state index in [0.717, 1.165) is 23.9 Å². The summed E-state index contributed by atoms with van der Waals surface area (Å²) in [5.41, 5.74) is 1.33. The zero-order valence-electron chi connectivity index (χ0n) is 14.3. The molecule has 7 nitrogen and oxygen atoms in total. The summed E-state index contributed by atoms with van der Waals surface area (Å²) < 4.78 is 1.99. The summed E-state index contributed by atoms with van der Waals surface area (Å²) in [5, 5.41) is 17.6. The third-order valence-electron chi connectivity index (χ3n) is 4.51. The Morgan fingerprint density at radius 1 is 1.42 bits per heavy atom. The van der Waals surface area contributed by atoms with E-state index >= 15 is 0 Å². The molecule has 0 bridgehead atoms. The van der Waals surface area contributed by atoms with Crippen molar-refractivity contribution in [3.63, 3.8) is 0 Å². The predicted octanol–water partition coefficient (Wildman–Crippen LogP) is 1.20. The topological polar surface area (TPSA) is 83.3 Å². The smallest absolute Gasteiger partial charge is 0.253 e. The monoisotopic (exact) mass is 331 g/mol. The molecule has 1 atom stereocenters. The molecule has 0 saturated heterocycles. The van der Waals surface area contributed by atoms with Crippen molar-refractivity contribution in [2.45, 2.75) is 37.8 Å². The summed E-state index contributed by atoms with van der Waals surface area (Å²) in [5.74, 6) is -0.223. The van der Waals surface area contributed by atoms with Crippen LogP contribution in [0.1, 0.15) is 42.1 Å². The van der Waals surface area contributed by atoms with Gasteiger partial charge in [0, 0.05) is 18.1 Å². The highest BCUT2D eigenvalue weighted by Gasteiger charge is 2.21. The first-order valence-corrected chi connectivity index (χ1v) is 8.48. The number of aliphatic hydroxyl groups excluding tert-OH is 1. The van der Waals surface area contributed by atoms with E-state index in [4.69, 9.17) is 0 Å². The van der Waals surface area contributed by atoms with Gasteiger partial charge in [0.05, 0.1) is 30.5 Å². The number of hydrogen-bond acceptors (Lipinski definition) is 5. The van der Waals surface area contributed by atoms with Gasteiger partial charge in [-0.1, -0.05) is 12.8 Å². The van der Waals surface area contributed by atoms with Gasteiger partial charge < -0.3 is 15.3 Å². The second kappa shape index (κ2) is 7.27. The second-order valence-electron chi connectivity index (χ2n) is 6.78. The van der Waals surface area contributed by atoms with Crippen molar-refractivity contribution in [3.05, 3.63) is 24.0 Å². The molecule has 1 fully saturated rings. The van der Waals surface area contributed by atoms with Crippen LogP contribution < -0.4 is 5.32 Å². The lowest BCUT2D eigenvalue weighted by Gasteiger charge is -2.20. The van der Waals surface area contributed by atoms with Crippen LogP contribution in [0.2, 0.25) is 0 Å². The number of likely N-dealkylation sites (N-methyl/N-ethyl adjacent to an activating group) is 1. The molecular weight excluding hydrogens is 306 g/mol. The van der Waals surface area contributed by atoms with Gasteiger partial charge in [0.25, 0.3) is 5.91 Å². The third-order valence-corrected chi connectivity index (χ3v) is 4.51. The van der Waals surface area contributed by atoms with E-state index in [1.165, 1.54) is 12.8 Å². The number of carbonyl (C=O) groups excluding carboxylic acids is 1. The summed E-state index contributed by atoms with van der Waals surface area (Å²) in [4.78, 5) is 18.8. The van der Waals surface area contributed by atoms with Crippen LogP contribution in [-0.4, -0.2) is 64.0 Å². The first-order chi connectivity index (χ1) is 11.6. The summed E-state index contributed by atoms with van der Waals surface area (Å²) in [7, 11) is 3.81. The van der Waals surface area contributed by atoms with Gasteiger partial charge in [0.15, 0.2) is 5.65 Å². The number of pyridine rings is 1. The maximum absolute atomic E-state index is 12.4. The number of nitrogens with one attached hydrogen (secondary N) is 1. The third kappa shape index (κ3) is 3.57. The summed E-state index contributed by atoms with van der Waals surface area (Å²) in [6.07, 6.45) is 8.13. The van der Waals surface area contributed by atoms with Gasteiger partial charge in [-0.3, -0.25) is 4.79 Å². The second-order valence-corrected chi connectivity index (χ2v) is 6.78. The van der Waals surface area contributed by atoms with E-state index in [2.05, 4.69) is 15.4 Å². The van der Waals surface area contributed by atoms with Crippen LogP contribution in [0.4, 0.5) is 0 Å². The molecule has 2 aromatic rings. The van der Waals surface area contributed by atoms with E-state index in [1.807, 2.05) is 29.7 Å². The largest absolute Gasteiger partial charge is 0.394 e. The van der Waals surface area contributed by atoms with Crippen LogP contribution >= 0.6 is 0 Å². The molecule has 1 amide bonds. The van der Waals surface area contributed by atoms with E-state index in [-0.39, 0.29) is 18.6 Å². The average Bonchev–Trinajstić information content (AvgIpc) is 3.21. The Balaban J connectivity index is 1.76. The Morgan fingerprint density at radius 3 is 2.83 bits per heavy atom. The molecule has 1 aliphatic rings. The average molecular weight is 331 g/mol. The summed E-state index contributed by atoms with van der Waals surface area (Å²) in [6.45, 7) is 0.483. The van der Waals surface area contributed by atoms with Crippen molar-refractivity contribution in [2.24, 2.45) is 0 Å². The molecule has 1 unspecified atom stereocenters. The normalized spacial score (nSPS) is 16.8. The number of amides is 1. The highest BCUT2D eigenvalue weighted by Crippen LogP contribution is 2.31. The molecule has 2 aromatic heterocycles. The first kappa shape index (κ1) is 16.9. The molecule has 1 aliphatic carbocycles. The fourth-order valence-corrected chi connectivity index (χ4v) is 3.34. The minimum atomic E-state index is -0.301. The number of aliphatic hydroxyl groups is 1. The van der Waals surface area contributed by atoms with Crippen molar-refractivity contribution < 1.29 is 9.90 Å². The van der Waals surface area contributed by atoms with Crippen molar-refractivity contribution in [2.75, 3.05) is 27.2 Å². The molecule has 0 aromatic carbocycles. The zero-order chi connectivity index (χ0) is 17.1. The molecule has 2 N–H and O–H groups in total. The standard InChI is InChI=1S/C17H25N5O2/c1-21(2)10-14(11-23)20-17(24)13-7-12-9-19-22(16(12)18-8-13)15-5-3-4-6-15/h7-9,14-15,23H,3-6,10-11H2,1-2H3,(H,20,24). The van der Waals surface area contributed by atoms with Crippen molar-refractivity contribution in [3.8, 4) is 0 Å². The fourth-order valence-electron chi connectivity index (χ4n) is 3.34. The van der Waals surface area contributed by atoms with Gasteiger partial charge in [-0.25, -0.2) is 9.67 Å². The lowest BCUT2D eigenvalue weighted by molar-refractivity contribution is 0.0904. The molecule has 24 heavy (non-hydrogen) atoms. The predicted molar refractivity (Wildman–Crippen MR) is 91.9 cm³/mol. The highest BCUT2D eigenvalue weighted by molar-refractivity contribution is 5.97. The van der Waals surface area contributed by atoms with Gasteiger partial charge >= 0.3 is 0 Å². The van der Waals surface area contributed by atoms with Crippen molar-refractivity contribution in [1.82, 2.24) is 25.0 Å². The Morgan fingerprint density at radius 2 is 2.17 bits per heavy atom. The molecule has 0 radical (unpaired) electrons. The Hall–Kier alpha value is -1.99. The number of hydrogen-bond donors (Lipinski definition) is 2. The zero-order valence-corrected chi connectivity index (χ0v) is 14.3. The lowest BCUT2D eigenvalue weighted by atomic mass is 10.2. The first-order valence-electron chi connectivity index (χ1n) is 8.48. The van der Waals surface area contributed by atoms with Crippen LogP contribution in [0.25, 0.3) is 11.0 Å². The molecule has 2 heterocycles. The van der Waals surface area contributed by atoms with Gasteiger partial charge in [0.1, 0.15) is 0 Å².